The molecule has 182 valence electrons. The molecule has 1 aromatic heterocycles. The summed E-state index contributed by atoms with van der Waals surface area (Å²) >= 11 is 5.97. The molecule has 2 aliphatic rings. The number of piperazine rings is 1. The molecule has 3 heterocycles. The number of methoxy groups -OCH3 is 1. The number of pyridine rings is 1. The lowest BCUT2D eigenvalue weighted by atomic mass is 9.82. The van der Waals surface area contributed by atoms with Crippen LogP contribution < -0.4 is 9.64 Å². The molecule has 2 saturated heterocycles. The first-order chi connectivity index (χ1) is 16.5. The largest absolute Gasteiger partial charge is 0.496 e. The maximum atomic E-state index is 13.8. The van der Waals surface area contributed by atoms with Gasteiger partial charge in [-0.15, -0.1) is 0 Å². The van der Waals surface area contributed by atoms with Gasteiger partial charge in [-0.2, -0.15) is 0 Å². The Kier molecular flexibility index (Phi) is 7.93. The van der Waals surface area contributed by atoms with Crippen molar-refractivity contribution in [1.29, 1.82) is 0 Å². The topological polar surface area (TPSA) is 66.0 Å². The minimum Gasteiger partial charge on any atom is -0.496 e. The number of ether oxygens (including phenoxy) is 1. The molecule has 0 radical (unpaired) electrons. The number of benzene rings is 1. The summed E-state index contributed by atoms with van der Waals surface area (Å²) in [7, 11) is 1.64. The Morgan fingerprint density at radius 1 is 1.15 bits per heavy atom. The molecular formula is C26H33ClN4O3. The molecule has 2 unspecified atom stereocenters. The number of nitrogens with zero attached hydrogens (tertiary/aromatic N) is 4. The minimum atomic E-state index is -0.313. The highest BCUT2D eigenvalue weighted by atomic mass is 35.5. The van der Waals surface area contributed by atoms with Crippen LogP contribution in [0.1, 0.15) is 44.2 Å². The molecule has 0 bridgehead atoms. The number of carbonyl (C=O) groups is 2. The van der Waals surface area contributed by atoms with Crippen molar-refractivity contribution in [2.24, 2.45) is 5.92 Å². The van der Waals surface area contributed by atoms with Crippen molar-refractivity contribution in [2.75, 3.05) is 44.7 Å². The summed E-state index contributed by atoms with van der Waals surface area (Å²) in [6.07, 6.45) is 4.51. The Labute approximate surface area is 206 Å². The molecule has 0 spiro atoms. The molecule has 0 N–H and O–H groups in total. The average Bonchev–Trinajstić information content (AvgIpc) is 2.88. The number of unbranched alkanes of at least 4 members (excludes halogenated alkanes) is 1. The summed E-state index contributed by atoms with van der Waals surface area (Å²) in [4.78, 5) is 37.3. The Hall–Kier alpha value is -2.80. The number of hydrogen-bond acceptors (Lipinski definition) is 5. The lowest BCUT2D eigenvalue weighted by molar-refractivity contribution is -0.148. The number of aromatic nitrogens is 1. The van der Waals surface area contributed by atoms with E-state index >= 15 is 0 Å². The first-order valence-electron chi connectivity index (χ1n) is 12.1. The summed E-state index contributed by atoms with van der Waals surface area (Å²) in [5, 5.41) is 0.611. The third-order valence-corrected chi connectivity index (χ3v) is 7.08. The highest BCUT2D eigenvalue weighted by Crippen LogP contribution is 2.41. The maximum absolute atomic E-state index is 13.8. The Balaban J connectivity index is 1.55. The van der Waals surface area contributed by atoms with E-state index in [0.29, 0.717) is 50.6 Å². The van der Waals surface area contributed by atoms with E-state index in [0.717, 1.165) is 30.0 Å². The van der Waals surface area contributed by atoms with E-state index in [1.54, 1.807) is 13.3 Å². The number of anilines is 1. The van der Waals surface area contributed by atoms with E-state index in [1.807, 2.05) is 46.2 Å². The van der Waals surface area contributed by atoms with Crippen molar-refractivity contribution < 1.29 is 14.3 Å². The van der Waals surface area contributed by atoms with Gasteiger partial charge in [0.25, 0.3) is 0 Å². The van der Waals surface area contributed by atoms with Gasteiger partial charge in [0.15, 0.2) is 0 Å². The summed E-state index contributed by atoms with van der Waals surface area (Å²) in [5.74, 6) is 1.55. The second-order valence-electron chi connectivity index (χ2n) is 8.92. The first-order valence-corrected chi connectivity index (χ1v) is 12.5. The monoisotopic (exact) mass is 484 g/mol. The fourth-order valence-corrected chi connectivity index (χ4v) is 5.16. The molecule has 0 aliphatic carbocycles. The number of hydrogen-bond donors (Lipinski definition) is 0. The number of piperidine rings is 1. The quantitative estimate of drug-likeness (QED) is 0.590. The van der Waals surface area contributed by atoms with Gasteiger partial charge in [0.2, 0.25) is 11.8 Å². The van der Waals surface area contributed by atoms with Gasteiger partial charge in [-0.05, 0) is 31.0 Å². The fourth-order valence-electron chi connectivity index (χ4n) is 5.04. The Morgan fingerprint density at radius 3 is 2.59 bits per heavy atom. The summed E-state index contributed by atoms with van der Waals surface area (Å²) < 4.78 is 5.65. The van der Waals surface area contributed by atoms with Gasteiger partial charge in [0, 0.05) is 50.9 Å². The van der Waals surface area contributed by atoms with Gasteiger partial charge in [-0.3, -0.25) is 9.59 Å². The van der Waals surface area contributed by atoms with Crippen LogP contribution in [0.5, 0.6) is 5.75 Å². The third-order valence-electron chi connectivity index (χ3n) is 6.86. The van der Waals surface area contributed by atoms with Crippen LogP contribution in [-0.4, -0.2) is 66.4 Å². The summed E-state index contributed by atoms with van der Waals surface area (Å²) in [6, 6.07) is 11.2. The third kappa shape index (κ3) is 5.14. The molecule has 0 saturated carbocycles. The van der Waals surface area contributed by atoms with E-state index in [2.05, 4.69) is 16.8 Å². The first kappa shape index (κ1) is 24.3. The van der Waals surface area contributed by atoms with Crippen molar-refractivity contribution in [1.82, 2.24) is 14.8 Å². The average molecular weight is 485 g/mol. The standard InChI is InChI=1S/C26H33ClN4O3/c1-3-4-13-31-24(32)12-10-21(25(31)20-7-5-6-8-22(20)34-2)26(33)30-16-14-29(15-17-30)23-11-9-19(27)18-28-23/h5-9,11,18,21,25H,3-4,10,12-17H2,1-2H3. The lowest BCUT2D eigenvalue weighted by Gasteiger charge is -2.44. The molecule has 4 rings (SSSR count). The van der Waals surface area contributed by atoms with Crippen LogP contribution in [0.25, 0.3) is 0 Å². The van der Waals surface area contributed by atoms with E-state index in [-0.39, 0.29) is 23.8 Å². The summed E-state index contributed by atoms with van der Waals surface area (Å²) in [5.41, 5.74) is 0.913. The van der Waals surface area contributed by atoms with Gasteiger partial charge >= 0.3 is 0 Å². The van der Waals surface area contributed by atoms with Crippen LogP contribution in [0.3, 0.4) is 0 Å². The molecular weight excluding hydrogens is 452 g/mol. The molecule has 2 aliphatic heterocycles. The number of rotatable bonds is 7. The Morgan fingerprint density at radius 2 is 1.91 bits per heavy atom. The Bertz CT molecular complexity index is 992. The molecule has 2 atom stereocenters. The zero-order valence-corrected chi connectivity index (χ0v) is 20.7. The second-order valence-corrected chi connectivity index (χ2v) is 9.36. The van der Waals surface area contributed by atoms with Crippen LogP contribution >= 0.6 is 11.6 Å². The molecule has 2 aromatic rings. The smallest absolute Gasteiger partial charge is 0.228 e. The SMILES string of the molecule is CCCCN1C(=O)CCC(C(=O)N2CCN(c3ccc(Cl)cn3)CC2)C1c1ccccc1OC. The lowest BCUT2D eigenvalue weighted by Crippen LogP contribution is -2.54. The number of likely N-dealkylation sites (tertiary alicyclic amines) is 1. The molecule has 2 fully saturated rings. The maximum Gasteiger partial charge on any atom is 0.228 e. The van der Waals surface area contributed by atoms with Gasteiger partial charge in [-0.25, -0.2) is 4.98 Å². The molecule has 8 heteroatoms. The van der Waals surface area contributed by atoms with Gasteiger partial charge in [0.05, 0.1) is 24.1 Å². The van der Waals surface area contributed by atoms with Crippen LogP contribution in [0, 0.1) is 5.92 Å². The van der Waals surface area contributed by atoms with Crippen molar-refractivity contribution in [2.45, 2.75) is 38.6 Å². The van der Waals surface area contributed by atoms with E-state index in [9.17, 15) is 9.59 Å². The van der Waals surface area contributed by atoms with Crippen LogP contribution in [-0.2, 0) is 9.59 Å². The zero-order chi connectivity index (χ0) is 24.1. The second kappa shape index (κ2) is 11.1. The number of carbonyl (C=O) groups excluding carboxylic acids is 2. The van der Waals surface area contributed by atoms with Crippen LogP contribution in [0.15, 0.2) is 42.6 Å². The van der Waals surface area contributed by atoms with Crippen molar-refractivity contribution in [3.63, 3.8) is 0 Å². The minimum absolute atomic E-state index is 0.118. The van der Waals surface area contributed by atoms with Crippen LogP contribution in [0.2, 0.25) is 5.02 Å². The zero-order valence-electron chi connectivity index (χ0n) is 20.0. The highest BCUT2D eigenvalue weighted by Gasteiger charge is 2.43. The van der Waals surface area contributed by atoms with Gasteiger partial charge in [0.1, 0.15) is 11.6 Å². The predicted octanol–water partition coefficient (Wildman–Crippen LogP) is 4.17. The highest BCUT2D eigenvalue weighted by molar-refractivity contribution is 6.30. The molecule has 2 amide bonds. The number of amides is 2. The van der Waals surface area contributed by atoms with Crippen molar-refractivity contribution in [3.05, 3.63) is 53.2 Å². The van der Waals surface area contributed by atoms with Gasteiger partial charge in [-0.1, -0.05) is 43.1 Å². The van der Waals surface area contributed by atoms with E-state index in [4.69, 9.17) is 16.3 Å². The van der Waals surface area contributed by atoms with Crippen molar-refractivity contribution >= 4 is 29.2 Å². The fraction of sp³-hybridized carbons (Fsp3) is 0.500. The molecule has 34 heavy (non-hydrogen) atoms. The van der Waals surface area contributed by atoms with Crippen LogP contribution in [0.4, 0.5) is 5.82 Å². The summed E-state index contributed by atoms with van der Waals surface area (Å²) in [6.45, 7) is 5.44. The molecule has 7 nitrogen and oxygen atoms in total. The van der Waals surface area contributed by atoms with E-state index < -0.39 is 0 Å². The number of para-hydroxylation sites is 1. The molecule has 1 aromatic carbocycles. The van der Waals surface area contributed by atoms with E-state index in [1.165, 1.54) is 0 Å². The normalized spacial score (nSPS) is 21.0. The number of halogens is 1. The van der Waals surface area contributed by atoms with Gasteiger partial charge < -0.3 is 19.4 Å². The predicted molar refractivity (Wildman–Crippen MR) is 133 cm³/mol. The van der Waals surface area contributed by atoms with Crippen molar-refractivity contribution in [3.8, 4) is 5.75 Å².